The molecule has 2 aromatic rings. The number of carbonyl (C=O) groups excluding carboxylic acids is 1. The fourth-order valence-electron chi connectivity index (χ4n) is 5.71. The number of aromatic nitrogens is 1. The molecule has 6 rings (SSSR count). The lowest BCUT2D eigenvalue weighted by atomic mass is 9.64. The van der Waals surface area contributed by atoms with Crippen LogP contribution in [0, 0.1) is 19.8 Å². The lowest BCUT2D eigenvalue weighted by Gasteiger charge is -2.55. The van der Waals surface area contributed by atoms with Crippen molar-refractivity contribution in [2.45, 2.75) is 31.7 Å². The van der Waals surface area contributed by atoms with Gasteiger partial charge in [-0.15, -0.1) is 0 Å². The SMILES string of the molecule is Cc1noc(C)c1CC(=O)N[C@H]1C2CN3CCN(C2)CC1(c1ccccc1)C3. The second-order valence-electron chi connectivity index (χ2n) is 8.78. The Morgan fingerprint density at radius 2 is 1.86 bits per heavy atom. The van der Waals surface area contributed by atoms with Crippen LogP contribution in [0.3, 0.4) is 0 Å². The first-order valence-electron chi connectivity index (χ1n) is 10.3. The van der Waals surface area contributed by atoms with Gasteiger partial charge in [-0.05, 0) is 19.4 Å². The van der Waals surface area contributed by atoms with Gasteiger partial charge in [-0.1, -0.05) is 35.5 Å². The predicted octanol–water partition coefficient (Wildman–Crippen LogP) is 1.52. The molecule has 4 aliphatic rings. The molecule has 4 fully saturated rings. The zero-order valence-electron chi connectivity index (χ0n) is 16.6. The zero-order valence-corrected chi connectivity index (χ0v) is 16.6. The minimum absolute atomic E-state index is 0.0483. The Hall–Kier alpha value is -2.18. The zero-order chi connectivity index (χ0) is 19.3. The number of carbonyl (C=O) groups is 1. The van der Waals surface area contributed by atoms with E-state index < -0.39 is 0 Å². The normalized spacial score (nSPS) is 33.6. The van der Waals surface area contributed by atoms with Gasteiger partial charge in [0.15, 0.2) is 0 Å². The minimum Gasteiger partial charge on any atom is -0.361 e. The summed E-state index contributed by atoms with van der Waals surface area (Å²) in [7, 11) is 0. The van der Waals surface area contributed by atoms with Gasteiger partial charge in [0.05, 0.1) is 12.1 Å². The molecule has 148 valence electrons. The van der Waals surface area contributed by atoms with Crippen molar-refractivity contribution in [1.29, 1.82) is 0 Å². The van der Waals surface area contributed by atoms with Gasteiger partial charge in [0.2, 0.25) is 5.91 Å². The number of aryl methyl sites for hydroxylation is 2. The van der Waals surface area contributed by atoms with E-state index in [1.54, 1.807) is 0 Å². The van der Waals surface area contributed by atoms with Crippen LogP contribution < -0.4 is 5.32 Å². The maximum absolute atomic E-state index is 13.1. The third kappa shape index (κ3) is 2.86. The second kappa shape index (κ2) is 6.71. The van der Waals surface area contributed by atoms with Gasteiger partial charge >= 0.3 is 0 Å². The highest BCUT2D eigenvalue weighted by molar-refractivity contribution is 5.79. The molecule has 6 heteroatoms. The molecule has 0 radical (unpaired) electrons. The summed E-state index contributed by atoms with van der Waals surface area (Å²) < 4.78 is 5.24. The number of amides is 1. The first kappa shape index (κ1) is 17.9. The Morgan fingerprint density at radius 3 is 2.46 bits per heavy atom. The van der Waals surface area contributed by atoms with E-state index in [1.807, 2.05) is 13.8 Å². The van der Waals surface area contributed by atoms with E-state index >= 15 is 0 Å². The highest BCUT2D eigenvalue weighted by Gasteiger charge is 2.55. The summed E-state index contributed by atoms with van der Waals surface area (Å²) in [5, 5.41) is 7.45. The molecule has 5 heterocycles. The van der Waals surface area contributed by atoms with Crippen molar-refractivity contribution < 1.29 is 9.32 Å². The Balaban J connectivity index is 1.46. The van der Waals surface area contributed by atoms with Gasteiger partial charge < -0.3 is 19.6 Å². The molecule has 4 aliphatic heterocycles. The largest absolute Gasteiger partial charge is 0.361 e. The molecule has 28 heavy (non-hydrogen) atoms. The highest BCUT2D eigenvalue weighted by atomic mass is 16.5. The summed E-state index contributed by atoms with van der Waals surface area (Å²) in [6, 6.07) is 11.0. The van der Waals surface area contributed by atoms with Crippen LogP contribution in [0.4, 0.5) is 0 Å². The van der Waals surface area contributed by atoms with Crippen LogP contribution in [0.2, 0.25) is 0 Å². The van der Waals surface area contributed by atoms with Gasteiger partial charge in [0.25, 0.3) is 0 Å². The molecule has 2 unspecified atom stereocenters. The number of benzene rings is 1. The Kier molecular flexibility index (Phi) is 4.29. The van der Waals surface area contributed by atoms with Gasteiger partial charge in [0.1, 0.15) is 5.76 Å². The summed E-state index contributed by atoms with van der Waals surface area (Å²) in [6.45, 7) is 10.2. The molecule has 6 nitrogen and oxygen atoms in total. The first-order chi connectivity index (χ1) is 13.5. The third-order valence-electron chi connectivity index (χ3n) is 6.98. The number of hydrogen-bond acceptors (Lipinski definition) is 5. The van der Waals surface area contributed by atoms with E-state index in [0.29, 0.717) is 12.3 Å². The number of hydrogen-bond donors (Lipinski definition) is 1. The highest BCUT2D eigenvalue weighted by Crippen LogP contribution is 2.43. The summed E-state index contributed by atoms with van der Waals surface area (Å²) in [4.78, 5) is 18.3. The van der Waals surface area contributed by atoms with Crippen LogP contribution in [0.15, 0.2) is 34.9 Å². The number of nitrogens with zero attached hydrogens (tertiary/aromatic N) is 3. The first-order valence-corrected chi connectivity index (χ1v) is 10.3. The molecule has 3 atom stereocenters. The van der Waals surface area contributed by atoms with Crippen molar-refractivity contribution in [3.8, 4) is 0 Å². The average molecular weight is 380 g/mol. The Bertz CT molecular complexity index is 842. The molecular weight excluding hydrogens is 352 g/mol. The fraction of sp³-hybridized carbons (Fsp3) is 0.545. The van der Waals surface area contributed by atoms with Gasteiger partial charge in [-0.3, -0.25) is 4.79 Å². The molecule has 1 aromatic heterocycles. The van der Waals surface area contributed by atoms with Crippen LogP contribution >= 0.6 is 0 Å². The molecule has 0 aliphatic carbocycles. The summed E-state index contributed by atoms with van der Waals surface area (Å²) in [5.41, 5.74) is 3.02. The van der Waals surface area contributed by atoms with E-state index in [2.05, 4.69) is 50.6 Å². The van der Waals surface area contributed by atoms with E-state index in [0.717, 1.165) is 56.3 Å². The van der Waals surface area contributed by atoms with Gasteiger partial charge in [-0.25, -0.2) is 0 Å². The average Bonchev–Trinajstić information content (AvgIpc) is 2.85. The van der Waals surface area contributed by atoms with E-state index in [9.17, 15) is 4.79 Å². The monoisotopic (exact) mass is 380 g/mol. The number of rotatable bonds is 4. The van der Waals surface area contributed by atoms with Crippen molar-refractivity contribution in [3.63, 3.8) is 0 Å². The third-order valence-corrected chi connectivity index (χ3v) is 6.98. The lowest BCUT2D eigenvalue weighted by molar-refractivity contribution is -0.123. The van der Waals surface area contributed by atoms with Crippen LogP contribution in [0.25, 0.3) is 0 Å². The van der Waals surface area contributed by atoms with Crippen LogP contribution in [-0.4, -0.2) is 66.2 Å². The van der Waals surface area contributed by atoms with Crippen molar-refractivity contribution in [1.82, 2.24) is 20.3 Å². The fourth-order valence-corrected chi connectivity index (χ4v) is 5.71. The maximum Gasteiger partial charge on any atom is 0.224 e. The van der Waals surface area contributed by atoms with Crippen molar-refractivity contribution in [3.05, 3.63) is 52.9 Å². The Labute approximate surface area is 165 Å². The molecule has 0 saturated carbocycles. The van der Waals surface area contributed by atoms with E-state index in [4.69, 9.17) is 4.52 Å². The predicted molar refractivity (Wildman–Crippen MR) is 106 cm³/mol. The lowest BCUT2D eigenvalue weighted by Crippen LogP contribution is -2.70. The number of nitrogens with one attached hydrogen (secondary N) is 1. The van der Waals surface area contributed by atoms with Gasteiger partial charge in [0, 0.05) is 62.2 Å². The standard InChI is InChI=1S/C22H28N4O2/c1-15-19(16(2)28-24-15)10-20(27)23-21-17-11-25-8-9-26(12-17)14-22(21,13-25)18-6-4-3-5-7-18/h3-7,17,21H,8-14H2,1-2H3,(H,23,27)/t17?,21-,22?/m0/s1. The van der Waals surface area contributed by atoms with Crippen molar-refractivity contribution >= 4 is 5.91 Å². The topological polar surface area (TPSA) is 61.6 Å². The summed E-state index contributed by atoms with van der Waals surface area (Å²) in [6.07, 6.45) is 0.336. The molecular formula is C22H28N4O2. The van der Waals surface area contributed by atoms with E-state index in [1.165, 1.54) is 5.56 Å². The van der Waals surface area contributed by atoms with Crippen molar-refractivity contribution in [2.24, 2.45) is 5.92 Å². The smallest absolute Gasteiger partial charge is 0.224 e. The maximum atomic E-state index is 13.1. The van der Waals surface area contributed by atoms with Crippen molar-refractivity contribution in [2.75, 3.05) is 39.3 Å². The molecule has 4 bridgehead atoms. The molecule has 0 spiro atoms. The number of fused-ring (bicyclic) bond motifs is 1. The Morgan fingerprint density at radius 1 is 1.18 bits per heavy atom. The van der Waals surface area contributed by atoms with Crippen LogP contribution in [-0.2, 0) is 16.6 Å². The molecule has 1 N–H and O–H groups in total. The van der Waals surface area contributed by atoms with Crippen LogP contribution in [0.1, 0.15) is 22.6 Å². The molecule has 1 amide bonds. The summed E-state index contributed by atoms with van der Waals surface area (Å²) in [5.74, 6) is 1.27. The van der Waals surface area contributed by atoms with Crippen LogP contribution in [0.5, 0.6) is 0 Å². The van der Waals surface area contributed by atoms with E-state index in [-0.39, 0.29) is 17.4 Å². The summed E-state index contributed by atoms with van der Waals surface area (Å²) >= 11 is 0. The second-order valence-corrected chi connectivity index (χ2v) is 8.78. The van der Waals surface area contributed by atoms with Gasteiger partial charge in [-0.2, -0.15) is 0 Å². The molecule has 1 aromatic carbocycles. The number of piperidine rings is 2. The minimum atomic E-state index is -0.0483. The quantitative estimate of drug-likeness (QED) is 0.871. The molecule has 4 saturated heterocycles.